The molecule has 0 heterocycles. The van der Waals surface area contributed by atoms with Gasteiger partial charge < -0.3 is 14.8 Å². The Morgan fingerprint density at radius 2 is 1.92 bits per heavy atom. The number of nitrogens with one attached hydrogen (secondary N) is 1. The molecule has 0 radical (unpaired) electrons. The van der Waals surface area contributed by atoms with Crippen molar-refractivity contribution in [1.29, 1.82) is 0 Å². The summed E-state index contributed by atoms with van der Waals surface area (Å²) in [4.78, 5) is 13.1. The van der Waals surface area contributed by atoms with Crippen molar-refractivity contribution in [3.63, 3.8) is 0 Å². The van der Waals surface area contributed by atoms with Gasteiger partial charge in [-0.25, -0.2) is 0 Å². The Bertz CT molecular complexity index is 661. The summed E-state index contributed by atoms with van der Waals surface area (Å²) in [5, 5.41) is 2.94. The minimum atomic E-state index is 0.0103. The molecule has 0 atom stereocenters. The van der Waals surface area contributed by atoms with Gasteiger partial charge in [-0.2, -0.15) is 0 Å². The van der Waals surface area contributed by atoms with Gasteiger partial charge in [-0.1, -0.05) is 37.6 Å². The Kier molecular flexibility index (Phi) is 8.19. The Morgan fingerprint density at radius 1 is 1.12 bits per heavy atom. The van der Waals surface area contributed by atoms with Crippen LogP contribution in [-0.4, -0.2) is 25.4 Å². The molecule has 1 N–H and O–H groups in total. The molecule has 25 heavy (non-hydrogen) atoms. The summed E-state index contributed by atoms with van der Waals surface area (Å²) in [7, 11) is 1.63. The Labute approximate surface area is 153 Å². The number of rotatable bonds is 10. The highest BCUT2D eigenvalue weighted by Crippen LogP contribution is 2.28. The molecule has 2 aromatic carbocycles. The van der Waals surface area contributed by atoms with E-state index in [0.717, 1.165) is 29.1 Å². The van der Waals surface area contributed by atoms with Crippen LogP contribution in [0.2, 0.25) is 0 Å². The van der Waals surface area contributed by atoms with Crippen molar-refractivity contribution in [3.05, 3.63) is 54.1 Å². The summed E-state index contributed by atoms with van der Waals surface area (Å²) in [5.74, 6) is 1.85. The van der Waals surface area contributed by atoms with Gasteiger partial charge in [-0.15, -0.1) is 11.8 Å². The largest absolute Gasteiger partial charge is 0.493 e. The molecule has 5 heteroatoms. The highest BCUT2D eigenvalue weighted by Gasteiger charge is 2.07. The maximum Gasteiger partial charge on any atom is 0.230 e. The SMILES string of the molecule is CCCCOc1ccc(CNC(=O)CSc2ccccc2)cc1OC. The van der Waals surface area contributed by atoms with Crippen LogP contribution in [0.25, 0.3) is 0 Å². The van der Waals surface area contributed by atoms with Crippen LogP contribution in [0.3, 0.4) is 0 Å². The number of unbranched alkanes of at least 4 members (excludes halogenated alkanes) is 1. The average molecular weight is 359 g/mol. The molecular weight excluding hydrogens is 334 g/mol. The number of hydrogen-bond acceptors (Lipinski definition) is 4. The molecule has 0 bridgehead atoms. The predicted molar refractivity (Wildman–Crippen MR) is 102 cm³/mol. The van der Waals surface area contributed by atoms with Crippen LogP contribution in [0.4, 0.5) is 0 Å². The second-order valence-electron chi connectivity index (χ2n) is 5.57. The van der Waals surface area contributed by atoms with Gasteiger partial charge in [0, 0.05) is 11.4 Å². The zero-order valence-corrected chi connectivity index (χ0v) is 15.6. The summed E-state index contributed by atoms with van der Waals surface area (Å²) in [6.45, 7) is 3.28. The van der Waals surface area contributed by atoms with Crippen LogP contribution in [0.15, 0.2) is 53.4 Å². The summed E-state index contributed by atoms with van der Waals surface area (Å²) in [6, 6.07) is 15.7. The number of amides is 1. The number of thioether (sulfide) groups is 1. The molecule has 2 rings (SSSR count). The lowest BCUT2D eigenvalue weighted by Gasteiger charge is -2.12. The first-order chi connectivity index (χ1) is 12.2. The van der Waals surface area contributed by atoms with Crippen molar-refractivity contribution in [2.75, 3.05) is 19.5 Å². The molecule has 0 saturated heterocycles. The van der Waals surface area contributed by atoms with Crippen molar-refractivity contribution in [2.24, 2.45) is 0 Å². The van der Waals surface area contributed by atoms with Crippen molar-refractivity contribution < 1.29 is 14.3 Å². The molecule has 0 fully saturated rings. The average Bonchev–Trinajstić information content (AvgIpc) is 2.66. The Hall–Kier alpha value is -2.14. The zero-order valence-electron chi connectivity index (χ0n) is 14.8. The molecule has 0 aromatic heterocycles. The normalized spacial score (nSPS) is 10.3. The molecule has 0 saturated carbocycles. The van der Waals surface area contributed by atoms with Crippen LogP contribution < -0.4 is 14.8 Å². The molecule has 0 spiro atoms. The van der Waals surface area contributed by atoms with E-state index in [1.54, 1.807) is 7.11 Å². The number of methoxy groups -OCH3 is 1. The molecule has 4 nitrogen and oxygen atoms in total. The van der Waals surface area contributed by atoms with Crippen LogP contribution >= 0.6 is 11.8 Å². The van der Waals surface area contributed by atoms with Crippen LogP contribution in [0, 0.1) is 0 Å². The minimum absolute atomic E-state index is 0.0103. The fourth-order valence-electron chi connectivity index (χ4n) is 2.18. The molecule has 0 aliphatic carbocycles. The number of hydrogen-bond donors (Lipinski definition) is 1. The minimum Gasteiger partial charge on any atom is -0.493 e. The maximum atomic E-state index is 12.0. The molecule has 0 unspecified atom stereocenters. The van der Waals surface area contributed by atoms with E-state index < -0.39 is 0 Å². The van der Waals surface area contributed by atoms with Crippen molar-refractivity contribution in [1.82, 2.24) is 5.32 Å². The van der Waals surface area contributed by atoms with Crippen molar-refractivity contribution >= 4 is 17.7 Å². The van der Waals surface area contributed by atoms with E-state index in [2.05, 4.69) is 12.2 Å². The number of carbonyl (C=O) groups excluding carboxylic acids is 1. The van der Waals surface area contributed by atoms with Crippen LogP contribution in [0.5, 0.6) is 11.5 Å². The topological polar surface area (TPSA) is 47.6 Å². The predicted octanol–water partition coefficient (Wildman–Crippen LogP) is 4.28. The highest BCUT2D eigenvalue weighted by atomic mass is 32.2. The summed E-state index contributed by atoms with van der Waals surface area (Å²) in [5.41, 5.74) is 0.984. The quantitative estimate of drug-likeness (QED) is 0.508. The Balaban J connectivity index is 1.82. The number of ether oxygens (including phenoxy) is 2. The summed E-state index contributed by atoms with van der Waals surface area (Å²) >= 11 is 1.53. The lowest BCUT2D eigenvalue weighted by Crippen LogP contribution is -2.24. The van der Waals surface area contributed by atoms with Crippen LogP contribution in [-0.2, 0) is 11.3 Å². The van der Waals surface area contributed by atoms with E-state index in [-0.39, 0.29) is 5.91 Å². The second kappa shape index (κ2) is 10.7. The zero-order chi connectivity index (χ0) is 17.9. The lowest BCUT2D eigenvalue weighted by molar-refractivity contribution is -0.118. The lowest BCUT2D eigenvalue weighted by atomic mass is 10.2. The van der Waals surface area contributed by atoms with Gasteiger partial charge in [0.25, 0.3) is 0 Å². The summed E-state index contributed by atoms with van der Waals surface area (Å²) < 4.78 is 11.1. The monoisotopic (exact) mass is 359 g/mol. The number of carbonyl (C=O) groups is 1. The second-order valence-corrected chi connectivity index (χ2v) is 6.61. The summed E-state index contributed by atoms with van der Waals surface area (Å²) in [6.07, 6.45) is 2.10. The fraction of sp³-hybridized carbons (Fsp3) is 0.350. The van der Waals surface area contributed by atoms with Gasteiger partial charge in [0.15, 0.2) is 11.5 Å². The van der Waals surface area contributed by atoms with Gasteiger partial charge in [0.2, 0.25) is 5.91 Å². The van der Waals surface area contributed by atoms with Gasteiger partial charge in [0.05, 0.1) is 19.5 Å². The van der Waals surface area contributed by atoms with Gasteiger partial charge in [-0.3, -0.25) is 4.79 Å². The van der Waals surface area contributed by atoms with Crippen molar-refractivity contribution in [2.45, 2.75) is 31.2 Å². The molecule has 2 aromatic rings. The first-order valence-corrected chi connectivity index (χ1v) is 9.45. The smallest absolute Gasteiger partial charge is 0.230 e. The van der Waals surface area contributed by atoms with E-state index in [1.165, 1.54) is 11.8 Å². The highest BCUT2D eigenvalue weighted by molar-refractivity contribution is 8.00. The van der Waals surface area contributed by atoms with Gasteiger partial charge >= 0.3 is 0 Å². The molecule has 0 aliphatic heterocycles. The Morgan fingerprint density at radius 3 is 2.64 bits per heavy atom. The van der Waals surface area contributed by atoms with E-state index in [0.29, 0.717) is 24.7 Å². The fourth-order valence-corrected chi connectivity index (χ4v) is 2.93. The third-order valence-electron chi connectivity index (χ3n) is 3.59. The molecule has 134 valence electrons. The molecular formula is C20H25NO3S. The van der Waals surface area contributed by atoms with Gasteiger partial charge in [-0.05, 0) is 36.2 Å². The standard InChI is InChI=1S/C20H25NO3S/c1-3-4-12-24-18-11-10-16(13-19(18)23-2)14-21-20(22)15-25-17-8-6-5-7-9-17/h5-11,13H,3-4,12,14-15H2,1-2H3,(H,21,22). The number of benzene rings is 2. The van der Waals surface area contributed by atoms with E-state index in [1.807, 2.05) is 48.5 Å². The van der Waals surface area contributed by atoms with Gasteiger partial charge in [0.1, 0.15) is 0 Å². The van der Waals surface area contributed by atoms with Crippen molar-refractivity contribution in [3.8, 4) is 11.5 Å². The first-order valence-electron chi connectivity index (χ1n) is 8.47. The van der Waals surface area contributed by atoms with E-state index >= 15 is 0 Å². The first kappa shape index (κ1) is 19.2. The third-order valence-corrected chi connectivity index (χ3v) is 4.60. The molecule has 0 aliphatic rings. The van der Waals surface area contributed by atoms with E-state index in [9.17, 15) is 4.79 Å². The third kappa shape index (κ3) is 6.70. The maximum absolute atomic E-state index is 12.0. The van der Waals surface area contributed by atoms with E-state index in [4.69, 9.17) is 9.47 Å². The molecule has 1 amide bonds. The van der Waals surface area contributed by atoms with Crippen LogP contribution in [0.1, 0.15) is 25.3 Å².